The van der Waals surface area contributed by atoms with E-state index in [9.17, 15) is 30.7 Å². The van der Waals surface area contributed by atoms with Crippen molar-refractivity contribution in [3.8, 4) is 0 Å². The van der Waals surface area contributed by atoms with Crippen LogP contribution in [-0.4, -0.2) is 35.7 Å². The van der Waals surface area contributed by atoms with Crippen LogP contribution in [0.2, 0.25) is 0 Å². The molecule has 3 nitrogen and oxygen atoms in total. The van der Waals surface area contributed by atoms with Gasteiger partial charge in [-0.2, -0.15) is 22.0 Å². The molecule has 0 atom stereocenters. The van der Waals surface area contributed by atoms with Gasteiger partial charge in [0, 0.05) is 25.9 Å². The predicted molar refractivity (Wildman–Crippen MR) is 66.6 cm³/mol. The lowest BCUT2D eigenvalue weighted by molar-refractivity contribution is -0.147. The van der Waals surface area contributed by atoms with E-state index in [1.807, 2.05) is 0 Å². The van der Waals surface area contributed by atoms with Crippen LogP contribution in [0.4, 0.5) is 36.6 Å². The lowest BCUT2D eigenvalue weighted by Gasteiger charge is -2.33. The molecule has 0 saturated carbocycles. The molecule has 2 rings (SSSR count). The van der Waals surface area contributed by atoms with Gasteiger partial charge in [-0.3, -0.25) is 0 Å². The fourth-order valence-electron chi connectivity index (χ4n) is 2.28. The van der Waals surface area contributed by atoms with Crippen molar-refractivity contribution in [3.63, 3.8) is 0 Å². The van der Waals surface area contributed by atoms with Crippen LogP contribution in [0.3, 0.4) is 0 Å². The van der Waals surface area contributed by atoms with Gasteiger partial charge in [-0.1, -0.05) is 0 Å². The molecule has 0 spiro atoms. The molecule has 2 heterocycles. The van der Waals surface area contributed by atoms with Gasteiger partial charge in [0.2, 0.25) is 0 Å². The van der Waals surface area contributed by atoms with Gasteiger partial charge < -0.3 is 10.0 Å². The molecule has 1 aliphatic rings. The molecule has 0 unspecified atom stereocenters. The van der Waals surface area contributed by atoms with E-state index >= 15 is 0 Å². The molecule has 1 N–H and O–H groups in total. The highest BCUT2D eigenvalue weighted by molar-refractivity contribution is 5.44. The summed E-state index contributed by atoms with van der Waals surface area (Å²) in [4.78, 5) is 4.38. The first kappa shape index (κ1) is 17.8. The summed E-state index contributed by atoms with van der Waals surface area (Å²) in [7, 11) is 0. The van der Waals surface area contributed by atoms with Crippen LogP contribution in [-0.2, 0) is 12.1 Å². The Morgan fingerprint density at radius 2 is 1.65 bits per heavy atom. The molecule has 0 amide bonds. The minimum Gasteiger partial charge on any atom is -0.390 e. The molecular weight excluding hydrogens is 333 g/mol. The number of nitrogens with zero attached hydrogens (tertiary/aromatic N) is 2. The fourth-order valence-corrected chi connectivity index (χ4v) is 2.28. The molecular formula is C13H13F7N2O. The Morgan fingerprint density at radius 3 is 2.13 bits per heavy atom. The van der Waals surface area contributed by atoms with E-state index in [-0.39, 0.29) is 18.9 Å². The predicted octanol–water partition coefficient (Wildman–Crippen LogP) is 3.42. The zero-order valence-electron chi connectivity index (χ0n) is 11.7. The van der Waals surface area contributed by atoms with E-state index in [1.165, 1.54) is 4.90 Å². The second kappa shape index (κ2) is 5.81. The lowest BCUT2D eigenvalue weighted by atomic mass is 10.0. The zero-order valence-corrected chi connectivity index (χ0v) is 11.7. The Morgan fingerprint density at radius 1 is 1.09 bits per heavy atom. The van der Waals surface area contributed by atoms with Crippen LogP contribution < -0.4 is 4.90 Å². The molecule has 0 aliphatic carbocycles. The van der Waals surface area contributed by atoms with E-state index < -0.39 is 48.7 Å². The van der Waals surface area contributed by atoms with Gasteiger partial charge >= 0.3 is 6.18 Å². The number of alkyl halides is 7. The average Bonchev–Trinajstić information content (AvgIpc) is 2.45. The fraction of sp³-hybridized carbons (Fsp3) is 0.615. The smallest absolute Gasteiger partial charge is 0.390 e. The highest BCUT2D eigenvalue weighted by atomic mass is 19.4. The molecule has 1 fully saturated rings. The number of halogens is 7. The number of hydrogen-bond donors (Lipinski definition) is 1. The van der Waals surface area contributed by atoms with Crippen LogP contribution in [0.25, 0.3) is 0 Å². The van der Waals surface area contributed by atoms with Crippen LogP contribution in [0.15, 0.2) is 12.1 Å². The number of rotatable bonds is 3. The van der Waals surface area contributed by atoms with E-state index in [1.54, 1.807) is 0 Å². The normalized spacial score (nSPS) is 19.0. The van der Waals surface area contributed by atoms with Crippen molar-refractivity contribution in [3.05, 3.63) is 23.4 Å². The number of aliphatic hydroxyl groups is 1. The van der Waals surface area contributed by atoms with Gasteiger partial charge in [0.25, 0.3) is 11.8 Å². The summed E-state index contributed by atoms with van der Waals surface area (Å²) in [5, 5.41) is 8.57. The second-order valence-electron chi connectivity index (χ2n) is 5.27. The van der Waals surface area contributed by atoms with Crippen LogP contribution in [0, 0.1) is 0 Å². The molecule has 0 aromatic carbocycles. The van der Waals surface area contributed by atoms with Crippen LogP contribution in [0.5, 0.6) is 0 Å². The van der Waals surface area contributed by atoms with E-state index in [0.717, 1.165) is 6.07 Å². The van der Waals surface area contributed by atoms with Crippen molar-refractivity contribution in [2.75, 3.05) is 24.6 Å². The standard InChI is InChI=1S/C13H13F7N2O/c14-11(15)3-5-22(6-4-11)9-2-1-8(12(16,17)7-23)10(21-9)13(18,19)20/h1-2,23H,3-7H2. The topological polar surface area (TPSA) is 36.4 Å². The molecule has 130 valence electrons. The maximum atomic E-state index is 13.4. The van der Waals surface area contributed by atoms with E-state index in [2.05, 4.69) is 4.98 Å². The number of pyridine rings is 1. The SMILES string of the molecule is OCC(F)(F)c1ccc(N2CCC(F)(F)CC2)nc1C(F)(F)F. The van der Waals surface area contributed by atoms with Crippen molar-refractivity contribution >= 4 is 5.82 Å². The number of piperidine rings is 1. The molecule has 1 aromatic rings. The van der Waals surface area contributed by atoms with Crippen molar-refractivity contribution in [2.45, 2.75) is 30.9 Å². The lowest BCUT2D eigenvalue weighted by Crippen LogP contribution is -2.40. The maximum absolute atomic E-state index is 13.4. The highest BCUT2D eigenvalue weighted by Crippen LogP contribution is 2.39. The molecule has 1 aromatic heterocycles. The summed E-state index contributed by atoms with van der Waals surface area (Å²) in [5.74, 6) is -7.30. The minimum atomic E-state index is -5.16. The largest absolute Gasteiger partial charge is 0.433 e. The molecule has 0 radical (unpaired) electrons. The van der Waals surface area contributed by atoms with Crippen LogP contribution >= 0.6 is 0 Å². The third kappa shape index (κ3) is 3.85. The van der Waals surface area contributed by atoms with Gasteiger partial charge in [-0.15, -0.1) is 0 Å². The number of aromatic nitrogens is 1. The van der Waals surface area contributed by atoms with Gasteiger partial charge in [0.1, 0.15) is 12.4 Å². The highest BCUT2D eigenvalue weighted by Gasteiger charge is 2.44. The average molecular weight is 346 g/mol. The molecule has 1 aliphatic heterocycles. The number of hydrogen-bond acceptors (Lipinski definition) is 3. The summed E-state index contributed by atoms with van der Waals surface area (Å²) < 4.78 is 92.0. The first-order chi connectivity index (χ1) is 10.5. The third-order valence-corrected chi connectivity index (χ3v) is 3.56. The summed E-state index contributed by atoms with van der Waals surface area (Å²) in [6.07, 6.45) is -6.27. The number of aliphatic hydroxyl groups excluding tert-OH is 1. The maximum Gasteiger partial charge on any atom is 0.433 e. The quantitative estimate of drug-likeness (QED) is 0.852. The van der Waals surface area contributed by atoms with E-state index in [4.69, 9.17) is 5.11 Å². The minimum absolute atomic E-state index is 0.229. The van der Waals surface area contributed by atoms with Crippen LogP contribution in [0.1, 0.15) is 24.1 Å². The van der Waals surface area contributed by atoms with E-state index in [0.29, 0.717) is 6.07 Å². The number of anilines is 1. The summed E-state index contributed by atoms with van der Waals surface area (Å²) in [5.41, 5.74) is -3.27. The Hall–Kier alpha value is -1.58. The van der Waals surface area contributed by atoms with Gasteiger partial charge in [-0.05, 0) is 12.1 Å². The summed E-state index contributed by atoms with van der Waals surface area (Å²) in [6.45, 7) is -2.26. The van der Waals surface area contributed by atoms with Crippen molar-refractivity contribution in [1.82, 2.24) is 4.98 Å². The molecule has 23 heavy (non-hydrogen) atoms. The monoisotopic (exact) mass is 346 g/mol. The summed E-state index contributed by atoms with van der Waals surface area (Å²) >= 11 is 0. The third-order valence-electron chi connectivity index (χ3n) is 3.56. The Bertz CT molecular complexity index is 564. The second-order valence-corrected chi connectivity index (χ2v) is 5.27. The van der Waals surface area contributed by atoms with Crippen molar-refractivity contribution in [1.29, 1.82) is 0 Å². The summed E-state index contributed by atoms with van der Waals surface area (Å²) in [6, 6.07) is 1.44. The first-order valence-electron chi connectivity index (χ1n) is 6.66. The molecule has 0 bridgehead atoms. The first-order valence-corrected chi connectivity index (χ1v) is 6.66. The Balaban J connectivity index is 2.38. The van der Waals surface area contributed by atoms with Gasteiger partial charge in [-0.25, -0.2) is 13.8 Å². The zero-order chi connectivity index (χ0) is 17.5. The molecule has 10 heteroatoms. The Kier molecular flexibility index (Phi) is 4.49. The Labute approximate surface area is 126 Å². The van der Waals surface area contributed by atoms with Crippen molar-refractivity contribution < 1.29 is 35.8 Å². The van der Waals surface area contributed by atoms with Gasteiger partial charge in [0.15, 0.2) is 5.69 Å². The molecule has 1 saturated heterocycles. The van der Waals surface area contributed by atoms with Crippen molar-refractivity contribution in [2.24, 2.45) is 0 Å². The van der Waals surface area contributed by atoms with Gasteiger partial charge in [0.05, 0.1) is 5.56 Å².